The summed E-state index contributed by atoms with van der Waals surface area (Å²) < 4.78 is 5.42. The molecule has 0 saturated heterocycles. The number of amides is 2. The Balaban J connectivity index is 1.31. The Morgan fingerprint density at radius 1 is 1.16 bits per heavy atom. The van der Waals surface area contributed by atoms with Gasteiger partial charge in [-0.3, -0.25) is 24.8 Å². The Morgan fingerprint density at radius 3 is 2.74 bits per heavy atom. The van der Waals surface area contributed by atoms with Crippen LogP contribution >= 0.6 is 11.3 Å². The van der Waals surface area contributed by atoms with Gasteiger partial charge < -0.3 is 10.1 Å². The lowest BCUT2D eigenvalue weighted by molar-refractivity contribution is -0.117. The van der Waals surface area contributed by atoms with E-state index < -0.39 is 0 Å². The van der Waals surface area contributed by atoms with Crippen molar-refractivity contribution in [3.63, 3.8) is 0 Å². The highest BCUT2D eigenvalue weighted by Crippen LogP contribution is 2.28. The molecule has 31 heavy (non-hydrogen) atoms. The van der Waals surface area contributed by atoms with Gasteiger partial charge in [-0.05, 0) is 43.3 Å². The van der Waals surface area contributed by atoms with Crippen LogP contribution in [0.25, 0.3) is 0 Å². The second-order valence-corrected chi connectivity index (χ2v) is 8.11. The highest BCUT2D eigenvalue weighted by molar-refractivity contribution is 7.15. The van der Waals surface area contributed by atoms with Crippen molar-refractivity contribution in [2.24, 2.45) is 0 Å². The van der Waals surface area contributed by atoms with E-state index in [0.29, 0.717) is 30.5 Å². The number of rotatable bonds is 7. The Morgan fingerprint density at radius 2 is 2.00 bits per heavy atom. The molecule has 2 N–H and O–H groups in total. The summed E-state index contributed by atoms with van der Waals surface area (Å²) in [6, 6.07) is 12.5. The molecule has 2 amide bonds. The molecule has 0 radical (unpaired) electrons. The van der Waals surface area contributed by atoms with E-state index in [1.807, 2.05) is 31.2 Å². The SMILES string of the molecule is CCOc1ccc(NC(=O)CN2CCc3nc(NC(=O)c4ccccn4)sc3C2)cc1. The number of pyridine rings is 1. The van der Waals surface area contributed by atoms with Gasteiger partial charge in [0.25, 0.3) is 5.91 Å². The molecule has 160 valence electrons. The van der Waals surface area contributed by atoms with E-state index in [2.05, 4.69) is 25.5 Å². The van der Waals surface area contributed by atoms with Crippen LogP contribution in [0, 0.1) is 0 Å². The average molecular weight is 438 g/mol. The second-order valence-electron chi connectivity index (χ2n) is 7.02. The number of carbonyl (C=O) groups excluding carboxylic acids is 2. The number of nitrogens with zero attached hydrogens (tertiary/aromatic N) is 3. The predicted molar refractivity (Wildman–Crippen MR) is 120 cm³/mol. The first-order chi connectivity index (χ1) is 15.1. The summed E-state index contributed by atoms with van der Waals surface area (Å²) in [5.41, 5.74) is 2.07. The number of aromatic nitrogens is 2. The quantitative estimate of drug-likeness (QED) is 0.589. The average Bonchev–Trinajstić information content (AvgIpc) is 3.17. The molecule has 3 aromatic rings. The van der Waals surface area contributed by atoms with Crippen LogP contribution in [-0.2, 0) is 17.8 Å². The van der Waals surface area contributed by atoms with Crippen LogP contribution in [0.5, 0.6) is 5.75 Å². The molecule has 0 aliphatic carbocycles. The van der Waals surface area contributed by atoms with Crippen LogP contribution in [0.4, 0.5) is 10.8 Å². The highest BCUT2D eigenvalue weighted by Gasteiger charge is 2.23. The van der Waals surface area contributed by atoms with Crippen molar-refractivity contribution >= 4 is 34.0 Å². The smallest absolute Gasteiger partial charge is 0.276 e. The fourth-order valence-corrected chi connectivity index (χ4v) is 4.35. The van der Waals surface area contributed by atoms with Gasteiger partial charge in [0.2, 0.25) is 5.91 Å². The molecule has 0 atom stereocenters. The molecule has 2 aromatic heterocycles. The highest BCUT2D eigenvalue weighted by atomic mass is 32.1. The summed E-state index contributed by atoms with van der Waals surface area (Å²) in [6.07, 6.45) is 2.32. The minimum atomic E-state index is -0.279. The van der Waals surface area contributed by atoms with Gasteiger partial charge in [0.15, 0.2) is 5.13 Å². The number of carbonyl (C=O) groups is 2. The first-order valence-corrected chi connectivity index (χ1v) is 10.9. The van der Waals surface area contributed by atoms with E-state index in [1.165, 1.54) is 11.3 Å². The van der Waals surface area contributed by atoms with Gasteiger partial charge in [-0.15, -0.1) is 11.3 Å². The number of fused-ring (bicyclic) bond motifs is 1. The molecule has 4 rings (SSSR count). The van der Waals surface area contributed by atoms with Gasteiger partial charge in [-0.1, -0.05) is 6.07 Å². The van der Waals surface area contributed by atoms with E-state index in [-0.39, 0.29) is 11.8 Å². The lowest BCUT2D eigenvalue weighted by Crippen LogP contribution is -2.36. The van der Waals surface area contributed by atoms with Crippen molar-refractivity contribution in [1.29, 1.82) is 0 Å². The lowest BCUT2D eigenvalue weighted by atomic mass is 10.2. The van der Waals surface area contributed by atoms with Crippen LogP contribution in [-0.4, -0.2) is 46.4 Å². The van der Waals surface area contributed by atoms with Crippen LogP contribution < -0.4 is 15.4 Å². The summed E-state index contributed by atoms with van der Waals surface area (Å²) in [5, 5.41) is 6.29. The monoisotopic (exact) mass is 437 g/mol. The zero-order valence-electron chi connectivity index (χ0n) is 17.1. The van der Waals surface area contributed by atoms with Gasteiger partial charge in [-0.25, -0.2) is 4.98 Å². The molecule has 1 aliphatic heterocycles. The Labute approximate surface area is 184 Å². The third-order valence-corrected chi connectivity index (χ3v) is 5.74. The Bertz CT molecular complexity index is 1050. The first kappa shape index (κ1) is 21.0. The van der Waals surface area contributed by atoms with Crippen molar-refractivity contribution in [3.8, 4) is 5.75 Å². The van der Waals surface area contributed by atoms with Crippen molar-refractivity contribution in [2.75, 3.05) is 30.3 Å². The minimum absolute atomic E-state index is 0.0687. The minimum Gasteiger partial charge on any atom is -0.494 e. The summed E-state index contributed by atoms with van der Waals surface area (Å²) in [6.45, 7) is 4.19. The maximum absolute atomic E-state index is 12.5. The Hall–Kier alpha value is -3.30. The maximum Gasteiger partial charge on any atom is 0.276 e. The number of benzene rings is 1. The van der Waals surface area contributed by atoms with Gasteiger partial charge in [-0.2, -0.15) is 0 Å². The molecule has 8 nitrogen and oxygen atoms in total. The normalized spacial score (nSPS) is 13.3. The molecule has 0 unspecified atom stereocenters. The molecule has 0 fully saturated rings. The van der Waals surface area contributed by atoms with Crippen molar-refractivity contribution in [2.45, 2.75) is 19.9 Å². The summed E-state index contributed by atoms with van der Waals surface area (Å²) >= 11 is 1.44. The third-order valence-electron chi connectivity index (χ3n) is 4.74. The number of thiazole rings is 1. The van der Waals surface area contributed by atoms with Crippen LogP contribution in [0.1, 0.15) is 28.0 Å². The molecule has 0 saturated carbocycles. The lowest BCUT2D eigenvalue weighted by Gasteiger charge is -2.25. The summed E-state index contributed by atoms with van der Waals surface area (Å²) in [4.78, 5) is 36.5. The van der Waals surface area contributed by atoms with Gasteiger partial charge in [0.05, 0.1) is 18.8 Å². The first-order valence-electron chi connectivity index (χ1n) is 10.1. The standard InChI is InChI=1S/C22H23N5O3S/c1-2-30-16-8-6-15(7-9-16)24-20(28)14-27-12-10-17-19(13-27)31-22(25-17)26-21(29)18-5-3-4-11-23-18/h3-9,11H,2,10,12-14H2,1H3,(H,24,28)(H,25,26,29). The predicted octanol–water partition coefficient (Wildman–Crippen LogP) is 3.19. The van der Waals surface area contributed by atoms with Crippen LogP contribution in [0.2, 0.25) is 0 Å². The number of nitrogens with one attached hydrogen (secondary N) is 2. The van der Waals surface area contributed by atoms with Crippen molar-refractivity contribution in [1.82, 2.24) is 14.9 Å². The Kier molecular flexibility index (Phi) is 6.54. The van der Waals surface area contributed by atoms with E-state index in [9.17, 15) is 9.59 Å². The number of hydrogen-bond acceptors (Lipinski definition) is 7. The fraction of sp³-hybridized carbons (Fsp3) is 0.273. The maximum atomic E-state index is 12.5. The number of ether oxygens (including phenoxy) is 1. The number of hydrogen-bond donors (Lipinski definition) is 2. The molecule has 3 heterocycles. The van der Waals surface area contributed by atoms with Gasteiger partial charge in [0.1, 0.15) is 11.4 Å². The topological polar surface area (TPSA) is 96.5 Å². The molecule has 0 bridgehead atoms. The zero-order chi connectivity index (χ0) is 21.6. The van der Waals surface area contributed by atoms with E-state index in [4.69, 9.17) is 4.74 Å². The van der Waals surface area contributed by atoms with Crippen LogP contribution in [0.15, 0.2) is 48.7 Å². The third kappa shape index (κ3) is 5.44. The largest absolute Gasteiger partial charge is 0.494 e. The van der Waals surface area contributed by atoms with E-state index >= 15 is 0 Å². The van der Waals surface area contributed by atoms with Crippen molar-refractivity contribution in [3.05, 3.63) is 64.9 Å². The van der Waals surface area contributed by atoms with Crippen molar-refractivity contribution < 1.29 is 14.3 Å². The van der Waals surface area contributed by atoms with E-state index in [0.717, 1.165) is 35.0 Å². The molecule has 1 aromatic carbocycles. The molecular weight excluding hydrogens is 414 g/mol. The fourth-order valence-electron chi connectivity index (χ4n) is 3.30. The summed E-state index contributed by atoms with van der Waals surface area (Å²) in [5.74, 6) is 0.430. The van der Waals surface area contributed by atoms with Gasteiger partial charge >= 0.3 is 0 Å². The number of anilines is 2. The zero-order valence-corrected chi connectivity index (χ0v) is 17.9. The summed E-state index contributed by atoms with van der Waals surface area (Å²) in [7, 11) is 0. The molecular formula is C22H23N5O3S. The molecule has 0 spiro atoms. The molecule has 9 heteroatoms. The second kappa shape index (κ2) is 9.67. The van der Waals surface area contributed by atoms with E-state index in [1.54, 1.807) is 24.4 Å². The molecule has 1 aliphatic rings. The van der Waals surface area contributed by atoms with Crippen LogP contribution in [0.3, 0.4) is 0 Å². The van der Waals surface area contributed by atoms with Gasteiger partial charge in [0, 0.05) is 36.3 Å².